The Morgan fingerprint density at radius 2 is 1.87 bits per heavy atom. The van der Waals surface area contributed by atoms with Crippen molar-refractivity contribution in [1.82, 2.24) is 5.32 Å². The molecule has 0 saturated carbocycles. The molecule has 1 aromatic carbocycles. The van der Waals surface area contributed by atoms with E-state index in [1.807, 2.05) is 0 Å². The van der Waals surface area contributed by atoms with Crippen LogP contribution in [-0.2, 0) is 16.1 Å². The lowest BCUT2D eigenvalue weighted by Gasteiger charge is -2.10. The Morgan fingerprint density at radius 3 is 2.57 bits per heavy atom. The van der Waals surface area contributed by atoms with Gasteiger partial charge in [-0.2, -0.15) is 13.2 Å². The summed E-state index contributed by atoms with van der Waals surface area (Å²) in [4.78, 5) is 11.8. The Bertz CT molecular complexity index is 631. The quantitative estimate of drug-likeness (QED) is 0.845. The molecule has 0 fully saturated rings. The molecule has 1 aliphatic rings. The highest BCUT2D eigenvalue weighted by atomic mass is 19.4. The summed E-state index contributed by atoms with van der Waals surface area (Å²) in [5.74, 6) is -0.406. The van der Waals surface area contributed by atoms with Gasteiger partial charge in [-0.15, -0.1) is 0 Å². The lowest BCUT2D eigenvalue weighted by molar-refractivity contribution is -0.153. The van der Waals surface area contributed by atoms with Crippen LogP contribution in [0.1, 0.15) is 5.56 Å². The Kier molecular flexibility index (Phi) is 5.46. The third kappa shape index (κ3) is 5.90. The highest BCUT2D eigenvalue weighted by molar-refractivity contribution is 5.91. The number of halogens is 3. The number of allylic oxidation sites excluding steroid dienone is 2. The van der Waals surface area contributed by atoms with E-state index >= 15 is 0 Å². The molecule has 7 heteroatoms. The molecule has 4 nitrogen and oxygen atoms in total. The molecule has 0 bridgehead atoms. The second-order valence-corrected chi connectivity index (χ2v) is 4.61. The molecule has 0 saturated heterocycles. The van der Waals surface area contributed by atoms with Gasteiger partial charge in [0.1, 0.15) is 12.4 Å². The molecule has 0 atom stereocenters. The van der Waals surface area contributed by atoms with E-state index in [0.717, 1.165) is 0 Å². The highest BCUT2D eigenvalue weighted by Gasteiger charge is 2.28. The van der Waals surface area contributed by atoms with Gasteiger partial charge in [0.25, 0.3) is 0 Å². The second-order valence-electron chi connectivity index (χ2n) is 4.61. The molecule has 1 heterocycles. The van der Waals surface area contributed by atoms with Crippen molar-refractivity contribution < 1.29 is 27.4 Å². The van der Waals surface area contributed by atoms with E-state index in [1.165, 1.54) is 30.5 Å². The van der Waals surface area contributed by atoms with E-state index in [2.05, 4.69) is 10.1 Å². The van der Waals surface area contributed by atoms with Crippen molar-refractivity contribution in [1.29, 1.82) is 0 Å². The van der Waals surface area contributed by atoms with Crippen LogP contribution < -0.4 is 10.1 Å². The van der Waals surface area contributed by atoms with Crippen molar-refractivity contribution in [2.24, 2.45) is 0 Å². The number of rotatable bonds is 5. The van der Waals surface area contributed by atoms with Crippen LogP contribution in [0.2, 0.25) is 0 Å². The van der Waals surface area contributed by atoms with Crippen LogP contribution in [0.3, 0.4) is 0 Å². The van der Waals surface area contributed by atoms with Crippen LogP contribution in [0.5, 0.6) is 5.75 Å². The van der Waals surface area contributed by atoms with Gasteiger partial charge < -0.3 is 14.8 Å². The average molecular weight is 325 g/mol. The first-order valence-electron chi connectivity index (χ1n) is 6.69. The van der Waals surface area contributed by atoms with Crippen LogP contribution in [0.4, 0.5) is 13.2 Å². The normalized spacial score (nSPS) is 13.8. The van der Waals surface area contributed by atoms with Crippen molar-refractivity contribution in [2.75, 3.05) is 6.61 Å². The molecule has 0 aromatic heterocycles. The topological polar surface area (TPSA) is 47.6 Å². The monoisotopic (exact) mass is 325 g/mol. The summed E-state index contributed by atoms with van der Waals surface area (Å²) in [5, 5.41) is 2.80. The zero-order valence-corrected chi connectivity index (χ0v) is 12.0. The van der Waals surface area contributed by atoms with Gasteiger partial charge in [0, 0.05) is 12.4 Å². The number of nitrogens with one attached hydrogen (secondary N) is 1. The van der Waals surface area contributed by atoms with E-state index in [-0.39, 0.29) is 12.4 Å². The fourth-order valence-electron chi connectivity index (χ4n) is 1.66. The van der Waals surface area contributed by atoms with Gasteiger partial charge in [-0.1, -0.05) is 18.2 Å². The average Bonchev–Trinajstić information content (AvgIpc) is 2.80. The summed E-state index contributed by atoms with van der Waals surface area (Å²) in [6.07, 6.45) is 3.83. The molecular formula is C16H14F3NO3. The van der Waals surface area contributed by atoms with Gasteiger partial charge in [-0.25, -0.2) is 4.79 Å². The number of esters is 1. The zero-order chi connectivity index (χ0) is 16.7. The molecular weight excluding hydrogens is 311 g/mol. The first-order valence-corrected chi connectivity index (χ1v) is 6.69. The van der Waals surface area contributed by atoms with E-state index in [1.54, 1.807) is 24.4 Å². The van der Waals surface area contributed by atoms with E-state index in [4.69, 9.17) is 4.74 Å². The number of carbonyl (C=O) groups excluding carboxylic acids is 1. The summed E-state index contributed by atoms with van der Waals surface area (Å²) >= 11 is 0. The predicted molar refractivity (Wildman–Crippen MR) is 77.3 cm³/mol. The molecule has 1 aromatic rings. The fraction of sp³-hybridized carbons (Fsp3) is 0.188. The van der Waals surface area contributed by atoms with Crippen LogP contribution in [-0.4, -0.2) is 18.8 Å². The molecule has 0 radical (unpaired) electrons. The zero-order valence-electron chi connectivity index (χ0n) is 12.0. The predicted octanol–water partition coefficient (Wildman–Crippen LogP) is 3.23. The summed E-state index contributed by atoms with van der Waals surface area (Å²) < 4.78 is 45.8. The Labute approximate surface area is 130 Å². The number of hydrogen-bond acceptors (Lipinski definition) is 4. The van der Waals surface area contributed by atoms with Gasteiger partial charge in [-0.3, -0.25) is 0 Å². The lowest BCUT2D eigenvalue weighted by Crippen LogP contribution is -2.19. The van der Waals surface area contributed by atoms with Gasteiger partial charge in [0.05, 0.1) is 5.57 Å². The van der Waals surface area contributed by atoms with Crippen LogP contribution >= 0.6 is 0 Å². The molecule has 122 valence electrons. The molecule has 2 rings (SSSR count). The van der Waals surface area contributed by atoms with Crippen LogP contribution in [0.15, 0.2) is 60.5 Å². The number of alkyl halides is 3. The van der Waals surface area contributed by atoms with Crippen molar-refractivity contribution in [3.63, 3.8) is 0 Å². The van der Waals surface area contributed by atoms with Crippen molar-refractivity contribution in [2.45, 2.75) is 12.8 Å². The number of carbonyl (C=O) groups is 1. The van der Waals surface area contributed by atoms with Crippen molar-refractivity contribution >= 4 is 5.97 Å². The lowest BCUT2D eigenvalue weighted by atomic mass is 10.2. The highest BCUT2D eigenvalue weighted by Crippen LogP contribution is 2.19. The second kappa shape index (κ2) is 7.53. The first kappa shape index (κ1) is 16.7. The van der Waals surface area contributed by atoms with Gasteiger partial charge in [-0.05, 0) is 29.8 Å². The summed E-state index contributed by atoms with van der Waals surface area (Å²) in [6.45, 7) is -1.33. The molecule has 1 N–H and O–H groups in total. The summed E-state index contributed by atoms with van der Waals surface area (Å²) in [5.41, 5.74) is 1.00. The van der Waals surface area contributed by atoms with Gasteiger partial charge in [0.15, 0.2) is 6.61 Å². The number of hydrogen-bond donors (Lipinski definition) is 1. The van der Waals surface area contributed by atoms with Crippen LogP contribution in [0.25, 0.3) is 0 Å². The largest absolute Gasteiger partial charge is 0.484 e. The summed E-state index contributed by atoms with van der Waals surface area (Å²) in [7, 11) is 0. The molecule has 1 aliphatic heterocycles. The van der Waals surface area contributed by atoms with Crippen molar-refractivity contribution in [3.8, 4) is 5.75 Å². The van der Waals surface area contributed by atoms with E-state index in [0.29, 0.717) is 11.1 Å². The molecule has 0 aliphatic carbocycles. The standard InChI is InChI=1S/C16H14F3NO3/c17-16(18,19)11-23-14-6-4-12(5-7-14)10-22-15(21)13-3-1-2-8-20-9-13/h1-9,20H,10-11H2. The van der Waals surface area contributed by atoms with E-state index < -0.39 is 18.8 Å². The third-order valence-corrected chi connectivity index (χ3v) is 2.75. The number of benzene rings is 1. The van der Waals surface area contributed by atoms with E-state index in [9.17, 15) is 18.0 Å². The smallest absolute Gasteiger partial charge is 0.422 e. The summed E-state index contributed by atoms with van der Waals surface area (Å²) in [6, 6.07) is 5.86. The van der Waals surface area contributed by atoms with Crippen LogP contribution in [0, 0.1) is 0 Å². The minimum atomic E-state index is -4.38. The Balaban J connectivity index is 1.84. The van der Waals surface area contributed by atoms with Gasteiger partial charge in [0.2, 0.25) is 0 Å². The molecule has 0 amide bonds. The Morgan fingerprint density at radius 1 is 1.13 bits per heavy atom. The maximum absolute atomic E-state index is 12.0. The third-order valence-electron chi connectivity index (χ3n) is 2.75. The number of ether oxygens (including phenoxy) is 2. The minimum absolute atomic E-state index is 0.0109. The maximum atomic E-state index is 12.0. The van der Waals surface area contributed by atoms with Crippen molar-refractivity contribution in [3.05, 3.63) is 66.0 Å². The first-order chi connectivity index (χ1) is 10.9. The molecule has 0 spiro atoms. The fourth-order valence-corrected chi connectivity index (χ4v) is 1.66. The molecule has 0 unspecified atom stereocenters. The minimum Gasteiger partial charge on any atom is -0.484 e. The SMILES string of the molecule is O=C(OCc1ccc(OCC(F)(F)F)cc1)C1=CNC=CC=C1. The van der Waals surface area contributed by atoms with Gasteiger partial charge >= 0.3 is 12.1 Å². The Hall–Kier alpha value is -2.70. The maximum Gasteiger partial charge on any atom is 0.422 e. The molecule has 23 heavy (non-hydrogen) atoms.